The second-order valence-corrected chi connectivity index (χ2v) is 8.03. The van der Waals surface area contributed by atoms with Crippen molar-refractivity contribution in [2.24, 2.45) is 0 Å². The lowest BCUT2D eigenvalue weighted by Crippen LogP contribution is -2.48. The molecular weight excluding hydrogens is 374 g/mol. The van der Waals surface area contributed by atoms with Gasteiger partial charge in [-0.05, 0) is 25.1 Å². The molecule has 0 radical (unpaired) electrons. The molecular formula is C15H17ClF2N4O2S. The first-order valence-corrected chi connectivity index (χ1v) is 9.45. The number of anilines is 1. The molecule has 3 rings (SSSR count). The van der Waals surface area contributed by atoms with Crippen molar-refractivity contribution in [3.05, 3.63) is 41.2 Å². The van der Waals surface area contributed by atoms with Gasteiger partial charge < -0.3 is 4.90 Å². The number of hydrogen-bond donors (Lipinski definition) is 0. The number of hydrogen-bond acceptors (Lipinski definition) is 4. The van der Waals surface area contributed by atoms with E-state index in [1.807, 2.05) is 23.1 Å². The van der Waals surface area contributed by atoms with Gasteiger partial charge in [-0.3, -0.25) is 0 Å². The number of sulfonamides is 1. The lowest BCUT2D eigenvalue weighted by Gasteiger charge is -2.35. The molecule has 0 aliphatic carbocycles. The van der Waals surface area contributed by atoms with E-state index in [0.29, 0.717) is 22.8 Å². The molecule has 6 nitrogen and oxygen atoms in total. The number of rotatable bonds is 4. The second kappa shape index (κ2) is 6.89. The van der Waals surface area contributed by atoms with Crippen molar-refractivity contribution in [1.82, 2.24) is 14.1 Å². The Hall–Kier alpha value is -1.71. The maximum absolute atomic E-state index is 12.8. The fourth-order valence-electron chi connectivity index (χ4n) is 2.86. The molecule has 1 aromatic heterocycles. The zero-order valence-electron chi connectivity index (χ0n) is 13.4. The molecule has 2 heterocycles. The minimum atomic E-state index is -3.86. The van der Waals surface area contributed by atoms with Gasteiger partial charge in [-0.1, -0.05) is 17.7 Å². The van der Waals surface area contributed by atoms with E-state index in [1.54, 1.807) is 6.07 Å². The summed E-state index contributed by atoms with van der Waals surface area (Å²) >= 11 is 5.99. The molecule has 0 saturated carbocycles. The summed E-state index contributed by atoms with van der Waals surface area (Å²) in [5.74, 6) is 0. The van der Waals surface area contributed by atoms with Gasteiger partial charge in [-0.15, -0.1) is 0 Å². The van der Waals surface area contributed by atoms with E-state index in [0.717, 1.165) is 11.9 Å². The average Bonchev–Trinajstić information content (AvgIpc) is 2.97. The van der Waals surface area contributed by atoms with E-state index in [2.05, 4.69) is 5.10 Å². The highest BCUT2D eigenvalue weighted by Gasteiger charge is 2.32. The zero-order chi connectivity index (χ0) is 18.2. The van der Waals surface area contributed by atoms with E-state index in [4.69, 9.17) is 11.6 Å². The Labute approximate surface area is 149 Å². The summed E-state index contributed by atoms with van der Waals surface area (Å²) in [6, 6.07) is 7.34. The number of piperazine rings is 1. The number of nitrogens with zero attached hydrogens (tertiary/aromatic N) is 4. The number of alkyl halides is 2. The van der Waals surface area contributed by atoms with Crippen molar-refractivity contribution < 1.29 is 17.2 Å². The Kier molecular flexibility index (Phi) is 4.99. The molecule has 0 unspecified atom stereocenters. The SMILES string of the molecule is Cc1c(S(=O)(=O)N2CCN(c3cccc(Cl)c3)CC2)cnn1C(F)F. The molecule has 1 aliphatic rings. The predicted molar refractivity (Wildman–Crippen MR) is 90.6 cm³/mol. The van der Waals surface area contributed by atoms with E-state index in [9.17, 15) is 17.2 Å². The summed E-state index contributed by atoms with van der Waals surface area (Å²) in [5, 5.41) is 4.10. The van der Waals surface area contributed by atoms with Gasteiger partial charge in [0.15, 0.2) is 0 Å². The van der Waals surface area contributed by atoms with Crippen molar-refractivity contribution >= 4 is 27.3 Å². The van der Waals surface area contributed by atoms with Gasteiger partial charge in [0, 0.05) is 36.9 Å². The Balaban J connectivity index is 1.76. The summed E-state index contributed by atoms with van der Waals surface area (Å²) in [7, 11) is -3.86. The number of halogens is 3. The molecule has 10 heteroatoms. The monoisotopic (exact) mass is 390 g/mol. The van der Waals surface area contributed by atoms with Crippen molar-refractivity contribution in [2.45, 2.75) is 18.4 Å². The molecule has 0 bridgehead atoms. The molecule has 0 spiro atoms. The highest BCUT2D eigenvalue weighted by Crippen LogP contribution is 2.26. The van der Waals surface area contributed by atoms with Gasteiger partial charge in [-0.25, -0.2) is 13.1 Å². The lowest BCUT2D eigenvalue weighted by atomic mass is 10.2. The van der Waals surface area contributed by atoms with Crippen LogP contribution in [0.4, 0.5) is 14.5 Å². The smallest absolute Gasteiger partial charge is 0.333 e. The van der Waals surface area contributed by atoms with Crippen molar-refractivity contribution in [2.75, 3.05) is 31.1 Å². The molecule has 1 aliphatic heterocycles. The van der Waals surface area contributed by atoms with Crippen LogP contribution in [-0.2, 0) is 10.0 Å². The third-order valence-corrected chi connectivity index (χ3v) is 6.45. The topological polar surface area (TPSA) is 58.4 Å². The number of aromatic nitrogens is 2. The Morgan fingerprint density at radius 1 is 1.20 bits per heavy atom. The molecule has 2 aromatic rings. The molecule has 1 fully saturated rings. The van der Waals surface area contributed by atoms with Crippen molar-refractivity contribution in [3.8, 4) is 0 Å². The van der Waals surface area contributed by atoms with Crippen LogP contribution in [0.25, 0.3) is 0 Å². The molecule has 0 amide bonds. The lowest BCUT2D eigenvalue weighted by molar-refractivity contribution is 0.0541. The maximum atomic E-state index is 12.8. The fourth-order valence-corrected chi connectivity index (χ4v) is 4.61. The van der Waals surface area contributed by atoms with Gasteiger partial charge in [0.1, 0.15) is 4.90 Å². The van der Waals surface area contributed by atoms with Gasteiger partial charge in [0.2, 0.25) is 10.0 Å². The summed E-state index contributed by atoms with van der Waals surface area (Å²) < 4.78 is 52.8. The zero-order valence-corrected chi connectivity index (χ0v) is 15.0. The van der Waals surface area contributed by atoms with Crippen LogP contribution in [-0.4, -0.2) is 48.7 Å². The van der Waals surface area contributed by atoms with Crippen LogP contribution in [0.5, 0.6) is 0 Å². The summed E-state index contributed by atoms with van der Waals surface area (Å²) in [6.45, 7) is -0.0524. The highest BCUT2D eigenvalue weighted by atomic mass is 35.5. The Bertz CT molecular complexity index is 864. The quantitative estimate of drug-likeness (QED) is 0.805. The van der Waals surface area contributed by atoms with E-state index in [-0.39, 0.29) is 23.7 Å². The third kappa shape index (κ3) is 3.49. The molecule has 0 N–H and O–H groups in total. The molecule has 1 saturated heterocycles. The first kappa shape index (κ1) is 18.1. The normalized spacial score (nSPS) is 16.6. The number of benzene rings is 1. The Morgan fingerprint density at radius 2 is 1.88 bits per heavy atom. The molecule has 25 heavy (non-hydrogen) atoms. The summed E-state index contributed by atoms with van der Waals surface area (Å²) in [6.07, 6.45) is 0.986. The van der Waals surface area contributed by atoms with Gasteiger partial charge in [0.05, 0.1) is 11.9 Å². The van der Waals surface area contributed by atoms with Crippen LogP contribution < -0.4 is 4.90 Å². The second-order valence-electron chi connectivity index (χ2n) is 5.69. The van der Waals surface area contributed by atoms with E-state index < -0.39 is 16.6 Å². The largest absolute Gasteiger partial charge is 0.369 e. The van der Waals surface area contributed by atoms with Crippen LogP contribution in [0.1, 0.15) is 12.2 Å². The van der Waals surface area contributed by atoms with Crippen LogP contribution in [0.3, 0.4) is 0 Å². The molecule has 1 aromatic carbocycles. The van der Waals surface area contributed by atoms with Crippen molar-refractivity contribution in [3.63, 3.8) is 0 Å². The van der Waals surface area contributed by atoms with E-state index in [1.165, 1.54) is 11.2 Å². The Morgan fingerprint density at radius 3 is 2.44 bits per heavy atom. The minimum Gasteiger partial charge on any atom is -0.369 e. The standard InChI is InChI=1S/C15H17ClF2N4O2S/c1-11-14(10-19-22(11)15(17)18)25(23,24)21-7-5-20(6-8-21)13-4-2-3-12(16)9-13/h2-4,9-10,15H,5-8H2,1H3. The average molecular weight is 391 g/mol. The first-order chi connectivity index (χ1) is 11.8. The van der Waals surface area contributed by atoms with Crippen molar-refractivity contribution in [1.29, 1.82) is 0 Å². The van der Waals surface area contributed by atoms with Crippen LogP contribution in [0.15, 0.2) is 35.4 Å². The summed E-state index contributed by atoms with van der Waals surface area (Å²) in [5.41, 5.74) is 0.860. The highest BCUT2D eigenvalue weighted by molar-refractivity contribution is 7.89. The van der Waals surface area contributed by atoms with Gasteiger partial charge in [-0.2, -0.15) is 18.2 Å². The fraction of sp³-hybridized carbons (Fsp3) is 0.400. The predicted octanol–water partition coefficient (Wildman–Crippen LogP) is 2.75. The van der Waals surface area contributed by atoms with E-state index >= 15 is 0 Å². The van der Waals surface area contributed by atoms with Gasteiger partial charge >= 0.3 is 6.55 Å². The first-order valence-electron chi connectivity index (χ1n) is 7.63. The minimum absolute atomic E-state index is 0.0627. The summed E-state index contributed by atoms with van der Waals surface area (Å²) in [4.78, 5) is 1.86. The van der Waals surface area contributed by atoms with Gasteiger partial charge in [0.25, 0.3) is 0 Å². The molecule has 136 valence electrons. The van der Waals surface area contributed by atoms with Crippen LogP contribution in [0.2, 0.25) is 5.02 Å². The third-order valence-electron chi connectivity index (χ3n) is 4.21. The van der Waals surface area contributed by atoms with Crippen LogP contribution >= 0.6 is 11.6 Å². The maximum Gasteiger partial charge on any atom is 0.333 e. The van der Waals surface area contributed by atoms with Crippen LogP contribution in [0, 0.1) is 6.92 Å². The molecule has 0 atom stereocenters.